The number of carboxylic acids is 1. The number of benzene rings is 1. The molecule has 7 heteroatoms. The van der Waals surface area contributed by atoms with E-state index < -0.39 is 32.1 Å². The van der Waals surface area contributed by atoms with Crippen LogP contribution in [-0.2, 0) is 14.8 Å². The molecule has 1 fully saturated rings. The molecule has 1 N–H and O–H groups in total. The third-order valence-electron chi connectivity index (χ3n) is 3.88. The van der Waals surface area contributed by atoms with E-state index in [0.717, 1.165) is 10.4 Å². The smallest absolute Gasteiger partial charge is 0.310 e. The number of hydrogen-bond acceptors (Lipinski definition) is 3. The van der Waals surface area contributed by atoms with Crippen LogP contribution >= 0.6 is 0 Å². The van der Waals surface area contributed by atoms with Crippen molar-refractivity contribution < 1.29 is 22.7 Å². The van der Waals surface area contributed by atoms with Crippen LogP contribution in [0.3, 0.4) is 0 Å². The van der Waals surface area contributed by atoms with Gasteiger partial charge in [0.1, 0.15) is 10.7 Å². The van der Waals surface area contributed by atoms with Crippen molar-refractivity contribution in [2.24, 2.45) is 5.41 Å². The molecule has 0 spiro atoms. The van der Waals surface area contributed by atoms with Crippen LogP contribution in [0.5, 0.6) is 0 Å². The number of halogens is 1. The van der Waals surface area contributed by atoms with Gasteiger partial charge in [0.25, 0.3) is 0 Å². The Labute approximate surface area is 123 Å². The van der Waals surface area contributed by atoms with Crippen LogP contribution in [0.15, 0.2) is 23.1 Å². The SMILES string of the molecule is Cc1ccc(F)c(S(=O)(=O)N2CCCC(C)(C(=O)O)C2)c1. The fraction of sp³-hybridized carbons (Fsp3) is 0.500. The Morgan fingerprint density at radius 1 is 1.43 bits per heavy atom. The number of hydrogen-bond donors (Lipinski definition) is 1. The molecule has 1 aromatic carbocycles. The minimum absolute atomic E-state index is 0.141. The first-order valence-electron chi connectivity index (χ1n) is 6.66. The molecule has 21 heavy (non-hydrogen) atoms. The third kappa shape index (κ3) is 2.94. The predicted octanol–water partition coefficient (Wildman–Crippen LogP) is 2.01. The lowest BCUT2D eigenvalue weighted by Gasteiger charge is -2.36. The van der Waals surface area contributed by atoms with Crippen molar-refractivity contribution in [1.29, 1.82) is 0 Å². The second kappa shape index (κ2) is 5.38. The number of rotatable bonds is 3. The van der Waals surface area contributed by atoms with Crippen LogP contribution in [0.1, 0.15) is 25.3 Å². The summed E-state index contributed by atoms with van der Waals surface area (Å²) in [5, 5.41) is 9.25. The highest BCUT2D eigenvalue weighted by atomic mass is 32.2. The van der Waals surface area contributed by atoms with Crippen molar-refractivity contribution in [2.75, 3.05) is 13.1 Å². The Balaban J connectivity index is 2.40. The van der Waals surface area contributed by atoms with Crippen molar-refractivity contribution >= 4 is 16.0 Å². The van der Waals surface area contributed by atoms with E-state index >= 15 is 0 Å². The number of piperidine rings is 1. The van der Waals surface area contributed by atoms with Gasteiger partial charge in [-0.05, 0) is 44.4 Å². The van der Waals surface area contributed by atoms with E-state index in [-0.39, 0.29) is 13.1 Å². The molecule has 0 aromatic heterocycles. The quantitative estimate of drug-likeness (QED) is 0.926. The first-order chi connectivity index (χ1) is 9.67. The molecule has 0 amide bonds. The lowest BCUT2D eigenvalue weighted by atomic mass is 9.83. The molecule has 0 bridgehead atoms. The molecule has 1 aliphatic heterocycles. The van der Waals surface area contributed by atoms with Gasteiger partial charge in [-0.15, -0.1) is 0 Å². The van der Waals surface area contributed by atoms with Crippen LogP contribution in [0, 0.1) is 18.2 Å². The average molecular weight is 315 g/mol. The second-order valence-corrected chi connectivity index (χ2v) is 7.65. The van der Waals surface area contributed by atoms with Gasteiger partial charge < -0.3 is 5.11 Å². The highest BCUT2D eigenvalue weighted by Gasteiger charge is 2.42. The Bertz CT molecular complexity index is 674. The van der Waals surface area contributed by atoms with Crippen molar-refractivity contribution in [2.45, 2.75) is 31.6 Å². The Morgan fingerprint density at radius 2 is 2.10 bits per heavy atom. The van der Waals surface area contributed by atoms with Crippen LogP contribution in [0.2, 0.25) is 0 Å². The minimum atomic E-state index is -4.02. The first-order valence-corrected chi connectivity index (χ1v) is 8.10. The molecule has 2 rings (SSSR count). The van der Waals surface area contributed by atoms with Crippen LogP contribution < -0.4 is 0 Å². The van der Waals surface area contributed by atoms with Gasteiger partial charge >= 0.3 is 5.97 Å². The Hall–Kier alpha value is -1.47. The second-order valence-electron chi connectivity index (χ2n) is 5.74. The minimum Gasteiger partial charge on any atom is -0.481 e. The fourth-order valence-electron chi connectivity index (χ4n) is 2.52. The molecule has 116 valence electrons. The summed E-state index contributed by atoms with van der Waals surface area (Å²) in [6.07, 6.45) is 0.847. The van der Waals surface area contributed by atoms with Crippen LogP contribution in [0.25, 0.3) is 0 Å². The van der Waals surface area contributed by atoms with Crippen molar-refractivity contribution in [1.82, 2.24) is 4.31 Å². The van der Waals surface area contributed by atoms with E-state index in [9.17, 15) is 22.7 Å². The molecule has 1 saturated heterocycles. The average Bonchev–Trinajstić information content (AvgIpc) is 2.41. The van der Waals surface area contributed by atoms with Crippen molar-refractivity contribution in [3.8, 4) is 0 Å². The maximum Gasteiger partial charge on any atom is 0.310 e. The molecule has 1 unspecified atom stereocenters. The van der Waals surface area contributed by atoms with Crippen LogP contribution in [-0.4, -0.2) is 36.9 Å². The zero-order valence-corrected chi connectivity index (χ0v) is 12.8. The first kappa shape index (κ1) is 15.9. The molecule has 1 heterocycles. The number of nitrogens with zero attached hydrogens (tertiary/aromatic N) is 1. The molecule has 1 aromatic rings. The fourth-order valence-corrected chi connectivity index (χ4v) is 4.27. The lowest BCUT2D eigenvalue weighted by molar-refractivity contribution is -0.150. The topological polar surface area (TPSA) is 74.7 Å². The molecule has 0 saturated carbocycles. The van der Waals surface area contributed by atoms with Gasteiger partial charge in [-0.25, -0.2) is 12.8 Å². The van der Waals surface area contributed by atoms with E-state index in [1.165, 1.54) is 19.1 Å². The highest BCUT2D eigenvalue weighted by molar-refractivity contribution is 7.89. The van der Waals surface area contributed by atoms with E-state index in [1.807, 2.05) is 0 Å². The van der Waals surface area contributed by atoms with E-state index in [1.54, 1.807) is 6.92 Å². The maximum atomic E-state index is 13.8. The van der Waals surface area contributed by atoms with Crippen LogP contribution in [0.4, 0.5) is 4.39 Å². The number of aryl methyl sites for hydroxylation is 1. The highest BCUT2D eigenvalue weighted by Crippen LogP contribution is 2.33. The third-order valence-corrected chi connectivity index (χ3v) is 5.74. The predicted molar refractivity (Wildman–Crippen MR) is 74.9 cm³/mol. The number of aliphatic carboxylic acids is 1. The van der Waals surface area contributed by atoms with Gasteiger partial charge in [0.2, 0.25) is 10.0 Å². The van der Waals surface area contributed by atoms with E-state index in [2.05, 4.69) is 0 Å². The largest absolute Gasteiger partial charge is 0.481 e. The summed E-state index contributed by atoms with van der Waals surface area (Å²) < 4.78 is 40.0. The maximum absolute atomic E-state index is 13.8. The molecule has 0 radical (unpaired) electrons. The summed E-state index contributed by atoms with van der Waals surface area (Å²) in [6.45, 7) is 3.26. The van der Waals surface area contributed by atoms with Gasteiger partial charge in [-0.3, -0.25) is 4.79 Å². The zero-order valence-electron chi connectivity index (χ0n) is 12.0. The van der Waals surface area contributed by atoms with E-state index in [4.69, 9.17) is 0 Å². The van der Waals surface area contributed by atoms with Gasteiger partial charge in [0.15, 0.2) is 0 Å². The van der Waals surface area contributed by atoms with E-state index in [0.29, 0.717) is 18.4 Å². The van der Waals surface area contributed by atoms with Crippen molar-refractivity contribution in [3.63, 3.8) is 0 Å². The van der Waals surface area contributed by atoms with Gasteiger partial charge in [0.05, 0.1) is 5.41 Å². The summed E-state index contributed by atoms with van der Waals surface area (Å²) in [7, 11) is -4.02. The molecular formula is C14H18FNO4S. The Morgan fingerprint density at radius 3 is 2.71 bits per heavy atom. The number of sulfonamides is 1. The van der Waals surface area contributed by atoms with Gasteiger partial charge in [-0.1, -0.05) is 6.07 Å². The molecule has 1 atom stereocenters. The molecule has 5 nitrogen and oxygen atoms in total. The summed E-state index contributed by atoms with van der Waals surface area (Å²) in [6, 6.07) is 3.88. The van der Waals surface area contributed by atoms with Crippen molar-refractivity contribution in [3.05, 3.63) is 29.6 Å². The number of carboxylic acid groups (broad SMARTS) is 1. The summed E-state index contributed by atoms with van der Waals surface area (Å²) in [4.78, 5) is 10.9. The standard InChI is InChI=1S/C14H18FNO4S/c1-10-4-5-11(15)12(8-10)21(19,20)16-7-3-6-14(2,9-16)13(17)18/h4-5,8H,3,6-7,9H2,1-2H3,(H,17,18). The Kier molecular flexibility index (Phi) is 4.08. The van der Waals surface area contributed by atoms with Gasteiger partial charge in [0, 0.05) is 13.1 Å². The summed E-state index contributed by atoms with van der Waals surface area (Å²) in [5.74, 6) is -1.85. The normalized spacial score (nSPS) is 24.0. The monoisotopic (exact) mass is 315 g/mol. The van der Waals surface area contributed by atoms with Gasteiger partial charge in [-0.2, -0.15) is 4.31 Å². The summed E-state index contributed by atoms with van der Waals surface area (Å²) >= 11 is 0. The molecular weight excluding hydrogens is 297 g/mol. The number of carbonyl (C=O) groups is 1. The zero-order chi connectivity index (χ0) is 15.8. The lowest BCUT2D eigenvalue weighted by Crippen LogP contribution is -2.48. The molecule has 0 aliphatic carbocycles. The molecule has 1 aliphatic rings. The summed E-state index contributed by atoms with van der Waals surface area (Å²) in [5.41, 5.74) is -0.501.